The molecule has 0 spiro atoms. The second-order valence-corrected chi connectivity index (χ2v) is 4.39. The summed E-state index contributed by atoms with van der Waals surface area (Å²) in [5.74, 6) is 1.79. The molecule has 0 heterocycles. The van der Waals surface area contributed by atoms with E-state index in [1.54, 1.807) is 14.2 Å². The van der Waals surface area contributed by atoms with E-state index in [1.165, 1.54) is 5.56 Å². The van der Waals surface area contributed by atoms with Crippen molar-refractivity contribution in [3.63, 3.8) is 0 Å². The van der Waals surface area contributed by atoms with Gasteiger partial charge in [0.15, 0.2) is 0 Å². The number of anilines is 1. The Kier molecular flexibility index (Phi) is 4.29. The fourth-order valence-corrected chi connectivity index (χ4v) is 1.97. The molecule has 0 saturated heterocycles. The minimum Gasteiger partial charge on any atom is -0.497 e. The number of methoxy groups -OCH3 is 2. The Morgan fingerprint density at radius 3 is 2.53 bits per heavy atom. The maximum absolute atomic E-state index is 5.25. The third-order valence-corrected chi connectivity index (χ3v) is 3.03. The predicted octanol–water partition coefficient (Wildman–Crippen LogP) is 3.62. The van der Waals surface area contributed by atoms with Gasteiger partial charge in [0.25, 0.3) is 0 Å². The molecule has 2 rings (SSSR count). The van der Waals surface area contributed by atoms with Crippen LogP contribution in [-0.4, -0.2) is 14.2 Å². The number of hydrogen-bond donors (Lipinski definition) is 1. The summed E-state index contributed by atoms with van der Waals surface area (Å²) in [6.45, 7) is 2.80. The molecule has 1 N–H and O–H groups in total. The van der Waals surface area contributed by atoms with E-state index in [0.717, 1.165) is 29.3 Å². The summed E-state index contributed by atoms with van der Waals surface area (Å²) in [7, 11) is 3.37. The third-order valence-electron chi connectivity index (χ3n) is 3.03. The number of aryl methyl sites for hydroxylation is 1. The van der Waals surface area contributed by atoms with E-state index in [9.17, 15) is 0 Å². The zero-order chi connectivity index (χ0) is 13.7. The number of ether oxygens (including phenoxy) is 2. The van der Waals surface area contributed by atoms with Crippen molar-refractivity contribution in [1.82, 2.24) is 0 Å². The maximum atomic E-state index is 5.25. The number of nitrogens with one attached hydrogen (secondary N) is 1. The Morgan fingerprint density at radius 2 is 1.84 bits per heavy atom. The Hall–Kier alpha value is -2.16. The minimum absolute atomic E-state index is 0.767. The second-order valence-electron chi connectivity index (χ2n) is 4.39. The van der Waals surface area contributed by atoms with Gasteiger partial charge in [-0.3, -0.25) is 0 Å². The molecule has 3 heteroatoms. The summed E-state index contributed by atoms with van der Waals surface area (Å²) in [4.78, 5) is 0. The highest BCUT2D eigenvalue weighted by molar-refractivity contribution is 5.51. The highest BCUT2D eigenvalue weighted by atomic mass is 16.5. The Morgan fingerprint density at radius 1 is 1.00 bits per heavy atom. The smallest absolute Gasteiger partial charge is 0.121 e. The van der Waals surface area contributed by atoms with Crippen LogP contribution in [0.25, 0.3) is 0 Å². The van der Waals surface area contributed by atoms with E-state index in [0.29, 0.717) is 0 Å². The van der Waals surface area contributed by atoms with Crippen LogP contribution in [-0.2, 0) is 6.54 Å². The molecule has 0 bridgehead atoms. The summed E-state index contributed by atoms with van der Waals surface area (Å²) < 4.78 is 10.5. The normalized spacial score (nSPS) is 10.1. The van der Waals surface area contributed by atoms with Crippen LogP contribution in [0.3, 0.4) is 0 Å². The van der Waals surface area contributed by atoms with Gasteiger partial charge in [0.1, 0.15) is 11.5 Å². The number of rotatable bonds is 5. The third kappa shape index (κ3) is 3.41. The molecule has 0 aliphatic carbocycles. The summed E-state index contributed by atoms with van der Waals surface area (Å²) in [5, 5.41) is 3.39. The first-order chi connectivity index (χ1) is 9.22. The summed E-state index contributed by atoms with van der Waals surface area (Å²) >= 11 is 0. The van der Waals surface area contributed by atoms with Crippen LogP contribution in [0.4, 0.5) is 5.69 Å². The van der Waals surface area contributed by atoms with Crippen molar-refractivity contribution in [3.8, 4) is 11.5 Å². The van der Waals surface area contributed by atoms with Crippen molar-refractivity contribution >= 4 is 5.69 Å². The molecule has 2 aromatic carbocycles. The maximum Gasteiger partial charge on any atom is 0.121 e. The van der Waals surface area contributed by atoms with Gasteiger partial charge in [0.05, 0.1) is 14.2 Å². The summed E-state index contributed by atoms with van der Waals surface area (Å²) in [6.07, 6.45) is 0. The monoisotopic (exact) mass is 257 g/mol. The van der Waals surface area contributed by atoms with Crippen molar-refractivity contribution in [2.75, 3.05) is 19.5 Å². The van der Waals surface area contributed by atoms with Crippen molar-refractivity contribution in [1.29, 1.82) is 0 Å². The lowest BCUT2D eigenvalue weighted by Gasteiger charge is -2.10. The highest BCUT2D eigenvalue weighted by Crippen LogP contribution is 2.22. The van der Waals surface area contributed by atoms with Gasteiger partial charge in [-0.05, 0) is 48.4 Å². The largest absolute Gasteiger partial charge is 0.497 e. The SMILES string of the molecule is COc1cccc(CNc2ccc(OC)c(C)c2)c1. The lowest BCUT2D eigenvalue weighted by molar-refractivity contribution is 0.412. The number of benzene rings is 2. The van der Waals surface area contributed by atoms with E-state index in [4.69, 9.17) is 9.47 Å². The summed E-state index contributed by atoms with van der Waals surface area (Å²) in [6, 6.07) is 14.1. The first-order valence-corrected chi connectivity index (χ1v) is 6.24. The minimum atomic E-state index is 0.767. The average Bonchev–Trinajstić information content (AvgIpc) is 2.45. The quantitative estimate of drug-likeness (QED) is 0.887. The van der Waals surface area contributed by atoms with E-state index in [1.807, 2.05) is 37.3 Å². The van der Waals surface area contributed by atoms with E-state index in [2.05, 4.69) is 17.4 Å². The number of hydrogen-bond acceptors (Lipinski definition) is 3. The van der Waals surface area contributed by atoms with Crippen LogP contribution in [0.5, 0.6) is 11.5 Å². The lowest BCUT2D eigenvalue weighted by atomic mass is 10.1. The van der Waals surface area contributed by atoms with Crippen molar-refractivity contribution in [2.45, 2.75) is 13.5 Å². The van der Waals surface area contributed by atoms with E-state index < -0.39 is 0 Å². The Labute approximate surface area is 114 Å². The van der Waals surface area contributed by atoms with Gasteiger partial charge in [-0.25, -0.2) is 0 Å². The first-order valence-electron chi connectivity index (χ1n) is 6.24. The molecule has 0 unspecified atom stereocenters. The molecule has 0 amide bonds. The van der Waals surface area contributed by atoms with Crippen LogP contribution in [0.2, 0.25) is 0 Å². The molecular weight excluding hydrogens is 238 g/mol. The van der Waals surface area contributed by atoms with Gasteiger partial charge in [-0.15, -0.1) is 0 Å². The van der Waals surface area contributed by atoms with Gasteiger partial charge < -0.3 is 14.8 Å². The van der Waals surface area contributed by atoms with Gasteiger partial charge in [-0.2, -0.15) is 0 Å². The fraction of sp³-hybridized carbons (Fsp3) is 0.250. The molecule has 19 heavy (non-hydrogen) atoms. The second kappa shape index (κ2) is 6.14. The standard InChI is InChI=1S/C16H19NO2/c1-12-9-14(7-8-16(12)19-3)17-11-13-5-4-6-15(10-13)18-2/h4-10,17H,11H2,1-3H3. The Balaban J connectivity index is 2.03. The molecule has 2 aromatic rings. The van der Waals surface area contributed by atoms with E-state index >= 15 is 0 Å². The molecule has 0 aromatic heterocycles. The van der Waals surface area contributed by atoms with Gasteiger partial charge in [0, 0.05) is 12.2 Å². The molecule has 0 aliphatic rings. The molecule has 0 saturated carbocycles. The lowest BCUT2D eigenvalue weighted by Crippen LogP contribution is -2.00. The van der Waals surface area contributed by atoms with Crippen molar-refractivity contribution < 1.29 is 9.47 Å². The molecule has 0 aliphatic heterocycles. The Bertz CT molecular complexity index is 552. The van der Waals surface area contributed by atoms with Crippen molar-refractivity contribution in [2.24, 2.45) is 0 Å². The predicted molar refractivity (Wildman–Crippen MR) is 78.1 cm³/mol. The molecule has 3 nitrogen and oxygen atoms in total. The van der Waals surface area contributed by atoms with Crippen LogP contribution in [0, 0.1) is 6.92 Å². The van der Waals surface area contributed by atoms with Gasteiger partial charge >= 0.3 is 0 Å². The zero-order valence-corrected chi connectivity index (χ0v) is 11.6. The van der Waals surface area contributed by atoms with Gasteiger partial charge in [-0.1, -0.05) is 12.1 Å². The molecule has 0 radical (unpaired) electrons. The molecule has 0 fully saturated rings. The zero-order valence-electron chi connectivity index (χ0n) is 11.6. The first kappa shape index (κ1) is 13.3. The van der Waals surface area contributed by atoms with Crippen LogP contribution in [0.1, 0.15) is 11.1 Å². The highest BCUT2D eigenvalue weighted by Gasteiger charge is 2.00. The van der Waals surface area contributed by atoms with Crippen LogP contribution >= 0.6 is 0 Å². The van der Waals surface area contributed by atoms with Crippen LogP contribution < -0.4 is 14.8 Å². The molecule has 100 valence electrons. The van der Waals surface area contributed by atoms with Gasteiger partial charge in [0.2, 0.25) is 0 Å². The average molecular weight is 257 g/mol. The molecule has 0 atom stereocenters. The molecular formula is C16H19NO2. The fourth-order valence-electron chi connectivity index (χ4n) is 1.97. The van der Waals surface area contributed by atoms with E-state index in [-0.39, 0.29) is 0 Å². The van der Waals surface area contributed by atoms with Crippen molar-refractivity contribution in [3.05, 3.63) is 53.6 Å². The summed E-state index contributed by atoms with van der Waals surface area (Å²) in [5.41, 5.74) is 3.40. The van der Waals surface area contributed by atoms with Crippen LogP contribution in [0.15, 0.2) is 42.5 Å². The topological polar surface area (TPSA) is 30.5 Å².